The molecule has 1 aromatic rings. The van der Waals surface area contributed by atoms with E-state index in [2.05, 4.69) is 20.7 Å². The lowest BCUT2D eigenvalue weighted by atomic mass is 10.2. The molecular weight excluding hydrogens is 390 g/mol. The average molecular weight is 405 g/mol. The summed E-state index contributed by atoms with van der Waals surface area (Å²) in [7, 11) is -2.17. The summed E-state index contributed by atoms with van der Waals surface area (Å²) in [5.74, 6) is 0. The summed E-state index contributed by atoms with van der Waals surface area (Å²) in [6.07, 6.45) is 0. The summed E-state index contributed by atoms with van der Waals surface area (Å²) < 4.78 is 48.7. The molecule has 0 radical (unpaired) electrons. The number of anilines is 1. The van der Waals surface area contributed by atoms with Gasteiger partial charge in [0.15, 0.2) is 0 Å². The molecule has 0 atom stereocenters. The Kier molecular flexibility index (Phi) is 4.85. The molecule has 0 aliphatic rings. The SMILES string of the molecule is Cc1cc(NS(=O)(=O)C(C)(C)C)c(Br)cc1S(=O)(=O)Cl. The number of aryl methyl sites for hydroxylation is 1. The van der Waals surface area contributed by atoms with Crippen LogP contribution in [0.25, 0.3) is 0 Å². The molecule has 0 bridgehead atoms. The Bertz CT molecular complexity index is 736. The quantitative estimate of drug-likeness (QED) is 0.784. The van der Waals surface area contributed by atoms with Crippen molar-refractivity contribution in [3.63, 3.8) is 0 Å². The Balaban J connectivity index is 3.36. The molecule has 0 saturated heterocycles. The second kappa shape index (κ2) is 5.47. The number of benzene rings is 1. The van der Waals surface area contributed by atoms with E-state index in [4.69, 9.17) is 10.7 Å². The summed E-state index contributed by atoms with van der Waals surface area (Å²) >= 11 is 3.14. The summed E-state index contributed by atoms with van der Waals surface area (Å²) in [4.78, 5) is -0.0650. The van der Waals surface area contributed by atoms with Crippen LogP contribution in [0.4, 0.5) is 5.69 Å². The van der Waals surface area contributed by atoms with Gasteiger partial charge in [-0.2, -0.15) is 0 Å². The molecule has 1 N–H and O–H groups in total. The number of hydrogen-bond donors (Lipinski definition) is 1. The lowest BCUT2D eigenvalue weighted by Gasteiger charge is -2.21. The van der Waals surface area contributed by atoms with Crippen LogP contribution in [-0.4, -0.2) is 21.6 Å². The molecule has 0 spiro atoms. The zero-order chi connectivity index (χ0) is 15.9. The minimum absolute atomic E-state index is 0.0650. The first kappa shape index (κ1) is 17.7. The van der Waals surface area contributed by atoms with E-state index in [1.807, 2.05) is 0 Å². The van der Waals surface area contributed by atoms with E-state index < -0.39 is 23.8 Å². The van der Waals surface area contributed by atoms with Crippen LogP contribution in [-0.2, 0) is 19.1 Å². The summed E-state index contributed by atoms with van der Waals surface area (Å²) in [5, 5.41) is 0. The Labute approximate surface area is 132 Å². The summed E-state index contributed by atoms with van der Waals surface area (Å²) in [6, 6.07) is 2.70. The smallest absolute Gasteiger partial charge is 0.261 e. The third kappa shape index (κ3) is 3.87. The Morgan fingerprint density at radius 1 is 1.15 bits per heavy atom. The van der Waals surface area contributed by atoms with E-state index in [0.717, 1.165) is 0 Å². The number of halogens is 2. The molecule has 0 amide bonds. The van der Waals surface area contributed by atoms with Crippen LogP contribution >= 0.6 is 26.6 Å². The number of hydrogen-bond acceptors (Lipinski definition) is 4. The van der Waals surface area contributed by atoms with Crippen molar-refractivity contribution in [2.45, 2.75) is 37.3 Å². The highest BCUT2D eigenvalue weighted by atomic mass is 79.9. The van der Waals surface area contributed by atoms with Crippen molar-refractivity contribution >= 4 is 51.4 Å². The first-order valence-corrected chi connectivity index (χ1v) is 10.1. The Morgan fingerprint density at radius 3 is 2.05 bits per heavy atom. The molecule has 1 rings (SSSR count). The lowest BCUT2D eigenvalue weighted by molar-refractivity contribution is 0.566. The van der Waals surface area contributed by atoms with Crippen molar-refractivity contribution in [1.82, 2.24) is 0 Å². The van der Waals surface area contributed by atoms with Gasteiger partial charge in [-0.25, -0.2) is 16.8 Å². The van der Waals surface area contributed by atoms with Crippen LogP contribution in [0, 0.1) is 6.92 Å². The zero-order valence-corrected chi connectivity index (χ0v) is 15.3. The molecule has 20 heavy (non-hydrogen) atoms. The van der Waals surface area contributed by atoms with Crippen molar-refractivity contribution in [2.24, 2.45) is 0 Å². The van der Waals surface area contributed by atoms with Gasteiger partial charge in [-0.05, 0) is 61.3 Å². The van der Waals surface area contributed by atoms with Gasteiger partial charge in [0.2, 0.25) is 10.0 Å². The standard InChI is InChI=1S/C11H15BrClNO4S2/c1-7-5-9(14-20(17,18)11(2,3)4)8(12)6-10(7)19(13,15)16/h5-6,14H,1-4H3. The van der Waals surface area contributed by atoms with Crippen LogP contribution in [0.2, 0.25) is 0 Å². The molecule has 0 saturated carbocycles. The van der Waals surface area contributed by atoms with E-state index in [0.29, 0.717) is 10.0 Å². The number of rotatable bonds is 3. The monoisotopic (exact) mass is 403 g/mol. The van der Waals surface area contributed by atoms with Gasteiger partial charge in [-0.15, -0.1) is 0 Å². The van der Waals surface area contributed by atoms with Gasteiger partial charge in [0.05, 0.1) is 15.3 Å². The predicted molar refractivity (Wildman–Crippen MR) is 84.2 cm³/mol. The topological polar surface area (TPSA) is 80.3 Å². The van der Waals surface area contributed by atoms with E-state index in [-0.39, 0.29) is 10.6 Å². The second-order valence-corrected chi connectivity index (χ2v) is 11.1. The molecule has 1 aromatic carbocycles. The second-order valence-electron chi connectivity index (χ2n) is 5.25. The molecule has 5 nitrogen and oxygen atoms in total. The summed E-state index contributed by atoms with van der Waals surface area (Å²) in [6.45, 7) is 6.23. The molecule has 9 heteroatoms. The van der Waals surface area contributed by atoms with Gasteiger partial charge < -0.3 is 0 Å². The molecule has 114 valence electrons. The largest absolute Gasteiger partial charge is 0.282 e. The van der Waals surface area contributed by atoms with Gasteiger partial charge in [0.1, 0.15) is 0 Å². The maximum atomic E-state index is 12.1. The van der Waals surface area contributed by atoms with Crippen LogP contribution in [0.1, 0.15) is 26.3 Å². The first-order valence-electron chi connectivity index (χ1n) is 5.53. The predicted octanol–water partition coefficient (Wildman–Crippen LogP) is 3.23. The third-order valence-electron chi connectivity index (χ3n) is 2.58. The zero-order valence-electron chi connectivity index (χ0n) is 11.4. The minimum atomic E-state index is -3.88. The van der Waals surface area contributed by atoms with Gasteiger partial charge in [-0.1, -0.05) is 0 Å². The highest BCUT2D eigenvalue weighted by Gasteiger charge is 2.30. The molecule has 0 fully saturated rings. The minimum Gasteiger partial charge on any atom is -0.282 e. The summed E-state index contributed by atoms with van der Waals surface area (Å²) in [5.41, 5.74) is 0.622. The molecule has 0 aromatic heterocycles. The Hall–Kier alpha value is -0.310. The fraction of sp³-hybridized carbons (Fsp3) is 0.455. The van der Waals surface area contributed by atoms with Crippen molar-refractivity contribution in [2.75, 3.05) is 4.72 Å². The van der Waals surface area contributed by atoms with Gasteiger partial charge >= 0.3 is 0 Å². The maximum absolute atomic E-state index is 12.1. The van der Waals surface area contributed by atoms with Gasteiger partial charge in [0, 0.05) is 15.2 Å². The average Bonchev–Trinajstić information content (AvgIpc) is 2.19. The van der Waals surface area contributed by atoms with Crippen molar-refractivity contribution in [3.8, 4) is 0 Å². The highest BCUT2D eigenvalue weighted by molar-refractivity contribution is 9.10. The van der Waals surface area contributed by atoms with Crippen molar-refractivity contribution < 1.29 is 16.8 Å². The van der Waals surface area contributed by atoms with E-state index >= 15 is 0 Å². The maximum Gasteiger partial charge on any atom is 0.261 e. The van der Waals surface area contributed by atoms with Gasteiger partial charge in [0.25, 0.3) is 9.05 Å². The van der Waals surface area contributed by atoms with Crippen LogP contribution in [0.15, 0.2) is 21.5 Å². The van der Waals surface area contributed by atoms with Crippen molar-refractivity contribution in [3.05, 3.63) is 22.2 Å². The van der Waals surface area contributed by atoms with Crippen LogP contribution in [0.3, 0.4) is 0 Å². The fourth-order valence-corrected chi connectivity index (χ4v) is 3.99. The third-order valence-corrected chi connectivity index (χ3v) is 6.80. The molecule has 0 aliphatic carbocycles. The highest BCUT2D eigenvalue weighted by Crippen LogP contribution is 2.32. The van der Waals surface area contributed by atoms with E-state index in [1.54, 1.807) is 20.8 Å². The van der Waals surface area contributed by atoms with Crippen LogP contribution in [0.5, 0.6) is 0 Å². The normalized spacial score (nSPS) is 13.3. The number of nitrogens with one attached hydrogen (secondary N) is 1. The van der Waals surface area contributed by atoms with E-state index in [9.17, 15) is 16.8 Å². The molecule has 0 heterocycles. The van der Waals surface area contributed by atoms with Gasteiger partial charge in [-0.3, -0.25) is 4.72 Å². The number of sulfonamides is 1. The lowest BCUT2D eigenvalue weighted by Crippen LogP contribution is -2.33. The molecule has 0 unspecified atom stereocenters. The van der Waals surface area contributed by atoms with E-state index in [1.165, 1.54) is 19.1 Å². The molecular formula is C11H15BrClNO4S2. The van der Waals surface area contributed by atoms with Crippen LogP contribution < -0.4 is 4.72 Å². The molecule has 0 aliphatic heterocycles. The van der Waals surface area contributed by atoms with Crippen molar-refractivity contribution in [1.29, 1.82) is 0 Å². The Morgan fingerprint density at radius 2 is 1.65 bits per heavy atom. The fourth-order valence-electron chi connectivity index (χ4n) is 1.30. The first-order chi connectivity index (χ1) is 8.75.